The monoisotopic (exact) mass is 370 g/mol. The van der Waals surface area contributed by atoms with Crippen LogP contribution in [0.5, 0.6) is 0 Å². The fourth-order valence-electron chi connectivity index (χ4n) is 3.32. The topological polar surface area (TPSA) is 59.4 Å². The van der Waals surface area contributed by atoms with Crippen molar-refractivity contribution in [1.29, 1.82) is 0 Å². The summed E-state index contributed by atoms with van der Waals surface area (Å²) >= 11 is 0. The fourth-order valence-corrected chi connectivity index (χ4v) is 3.32. The smallest absolute Gasteiger partial charge is 0.255 e. The van der Waals surface area contributed by atoms with Crippen LogP contribution in [0.15, 0.2) is 30.5 Å². The summed E-state index contributed by atoms with van der Waals surface area (Å²) in [5, 5.41) is 7.55. The molecule has 1 aliphatic heterocycles. The minimum absolute atomic E-state index is 0.0744. The maximum absolute atomic E-state index is 12.7. The Morgan fingerprint density at radius 3 is 2.89 bits per heavy atom. The number of rotatable bonds is 7. The molecule has 0 radical (unpaired) electrons. The van der Waals surface area contributed by atoms with Gasteiger partial charge in [-0.05, 0) is 38.4 Å². The number of ether oxygens (including phenoxy) is 1. The van der Waals surface area contributed by atoms with E-state index in [1.165, 1.54) is 5.56 Å². The third-order valence-electron chi connectivity index (χ3n) is 5.18. The van der Waals surface area contributed by atoms with Gasteiger partial charge in [0.25, 0.3) is 5.91 Å². The normalized spacial score (nSPS) is 17.0. The molecule has 1 aliphatic rings. The van der Waals surface area contributed by atoms with E-state index in [1.54, 1.807) is 10.9 Å². The zero-order valence-electron chi connectivity index (χ0n) is 16.7. The second kappa shape index (κ2) is 8.67. The van der Waals surface area contributed by atoms with E-state index < -0.39 is 0 Å². The Bertz CT molecular complexity index is 778. The molecule has 1 fully saturated rings. The summed E-state index contributed by atoms with van der Waals surface area (Å²) in [5.74, 6) is 0.136. The molecule has 0 bridgehead atoms. The van der Waals surface area contributed by atoms with Crippen molar-refractivity contribution in [2.45, 2.75) is 45.3 Å². The molecule has 1 atom stereocenters. The largest absolute Gasteiger partial charge is 0.381 e. The molecule has 1 aromatic heterocycles. The summed E-state index contributed by atoms with van der Waals surface area (Å²) < 4.78 is 7.17. The summed E-state index contributed by atoms with van der Waals surface area (Å²) in [6.45, 7) is 7.15. The lowest BCUT2D eigenvalue weighted by Crippen LogP contribution is -2.26. The van der Waals surface area contributed by atoms with Gasteiger partial charge in [-0.1, -0.05) is 24.3 Å². The van der Waals surface area contributed by atoms with Gasteiger partial charge in [-0.25, -0.2) is 0 Å². The van der Waals surface area contributed by atoms with Crippen molar-refractivity contribution in [1.82, 2.24) is 20.0 Å². The van der Waals surface area contributed by atoms with Crippen LogP contribution in [0.1, 0.15) is 53.4 Å². The lowest BCUT2D eigenvalue weighted by atomic mass is 10.0. The number of benzene rings is 1. The number of amides is 1. The molecule has 2 heterocycles. The molecule has 0 spiro atoms. The van der Waals surface area contributed by atoms with Crippen molar-refractivity contribution in [2.75, 3.05) is 20.3 Å². The Morgan fingerprint density at radius 1 is 1.41 bits per heavy atom. The van der Waals surface area contributed by atoms with Crippen LogP contribution in [-0.2, 0) is 24.9 Å². The fraction of sp³-hybridized carbons (Fsp3) is 0.524. The maximum atomic E-state index is 12.7. The molecule has 6 nitrogen and oxygen atoms in total. The molecule has 1 unspecified atom stereocenters. The molecular weight excluding hydrogens is 340 g/mol. The molecule has 2 aromatic rings. The highest BCUT2D eigenvalue weighted by atomic mass is 16.5. The molecule has 6 heteroatoms. The Balaban J connectivity index is 1.64. The molecule has 1 N–H and O–H groups in total. The van der Waals surface area contributed by atoms with Crippen LogP contribution in [0.4, 0.5) is 0 Å². The first-order chi connectivity index (χ1) is 12.9. The molecular formula is C21H30N4O2. The van der Waals surface area contributed by atoms with E-state index in [1.807, 2.05) is 13.1 Å². The van der Waals surface area contributed by atoms with Crippen LogP contribution in [-0.4, -0.2) is 46.9 Å². The van der Waals surface area contributed by atoms with E-state index in [4.69, 9.17) is 4.74 Å². The number of carbonyl (C=O) groups excluding carboxylic acids is 1. The van der Waals surface area contributed by atoms with Gasteiger partial charge in [0, 0.05) is 44.9 Å². The van der Waals surface area contributed by atoms with Gasteiger partial charge in [0.2, 0.25) is 0 Å². The van der Waals surface area contributed by atoms with Crippen LogP contribution < -0.4 is 5.32 Å². The number of hydrogen-bond donors (Lipinski definition) is 1. The molecule has 0 aliphatic carbocycles. The molecule has 0 saturated carbocycles. The van der Waals surface area contributed by atoms with Gasteiger partial charge in [-0.15, -0.1) is 0 Å². The summed E-state index contributed by atoms with van der Waals surface area (Å²) in [6.07, 6.45) is 2.72. The maximum Gasteiger partial charge on any atom is 0.255 e. The van der Waals surface area contributed by atoms with Gasteiger partial charge < -0.3 is 10.1 Å². The van der Waals surface area contributed by atoms with Gasteiger partial charge in [0.1, 0.15) is 0 Å². The quantitative estimate of drug-likeness (QED) is 0.814. The highest BCUT2D eigenvalue weighted by Crippen LogP contribution is 2.26. The predicted octanol–water partition coefficient (Wildman–Crippen LogP) is 2.69. The summed E-state index contributed by atoms with van der Waals surface area (Å²) in [4.78, 5) is 15.0. The van der Waals surface area contributed by atoms with E-state index in [-0.39, 0.29) is 11.8 Å². The van der Waals surface area contributed by atoms with Gasteiger partial charge in [0.05, 0.1) is 17.9 Å². The molecule has 27 heavy (non-hydrogen) atoms. The van der Waals surface area contributed by atoms with Crippen LogP contribution >= 0.6 is 0 Å². The SMILES string of the molecule is CC(C)N(C)Cc1cccc(CNC(=O)c2cn(C)nc2C2CCOC2)c1. The average Bonchev–Trinajstić information content (AvgIpc) is 3.29. The van der Waals surface area contributed by atoms with Crippen molar-refractivity contribution in [2.24, 2.45) is 7.05 Å². The first-order valence-corrected chi connectivity index (χ1v) is 9.61. The predicted molar refractivity (Wildman–Crippen MR) is 106 cm³/mol. The Kier molecular flexibility index (Phi) is 6.29. The highest BCUT2D eigenvalue weighted by Gasteiger charge is 2.26. The standard InChI is InChI=1S/C21H30N4O2/c1-15(2)24(3)12-17-7-5-6-16(10-17)11-22-21(26)19-13-25(4)23-20(19)18-8-9-27-14-18/h5-7,10,13,15,18H,8-9,11-12,14H2,1-4H3,(H,22,26). The molecule has 1 saturated heterocycles. The van der Waals surface area contributed by atoms with E-state index >= 15 is 0 Å². The second-order valence-electron chi connectivity index (χ2n) is 7.67. The van der Waals surface area contributed by atoms with Crippen molar-refractivity contribution >= 4 is 5.91 Å². The Hall–Kier alpha value is -2.18. The van der Waals surface area contributed by atoms with E-state index in [9.17, 15) is 4.79 Å². The molecule has 3 rings (SSSR count). The number of hydrogen-bond acceptors (Lipinski definition) is 4. The number of aryl methyl sites for hydroxylation is 1. The third kappa shape index (κ3) is 4.96. The average molecular weight is 370 g/mol. The number of nitrogens with zero attached hydrogens (tertiary/aromatic N) is 3. The van der Waals surface area contributed by atoms with Gasteiger partial charge >= 0.3 is 0 Å². The molecule has 1 amide bonds. The van der Waals surface area contributed by atoms with Crippen LogP contribution in [0, 0.1) is 0 Å². The summed E-state index contributed by atoms with van der Waals surface area (Å²) in [6, 6.07) is 8.89. The summed E-state index contributed by atoms with van der Waals surface area (Å²) in [5.41, 5.74) is 3.86. The zero-order valence-corrected chi connectivity index (χ0v) is 16.7. The first-order valence-electron chi connectivity index (χ1n) is 9.61. The lowest BCUT2D eigenvalue weighted by Gasteiger charge is -2.21. The Labute approximate surface area is 161 Å². The van der Waals surface area contributed by atoms with Crippen LogP contribution in [0.3, 0.4) is 0 Å². The van der Waals surface area contributed by atoms with Gasteiger partial charge in [0.15, 0.2) is 0 Å². The number of carbonyl (C=O) groups is 1. The third-order valence-corrected chi connectivity index (χ3v) is 5.18. The lowest BCUT2D eigenvalue weighted by molar-refractivity contribution is 0.0949. The van der Waals surface area contributed by atoms with Crippen LogP contribution in [0.2, 0.25) is 0 Å². The first kappa shape index (κ1) is 19.6. The number of nitrogens with one attached hydrogen (secondary N) is 1. The van der Waals surface area contributed by atoms with Crippen molar-refractivity contribution in [3.8, 4) is 0 Å². The number of aromatic nitrogens is 2. The molecule has 1 aromatic carbocycles. The minimum atomic E-state index is -0.0744. The second-order valence-corrected chi connectivity index (χ2v) is 7.67. The minimum Gasteiger partial charge on any atom is -0.381 e. The Morgan fingerprint density at radius 2 is 2.19 bits per heavy atom. The van der Waals surface area contributed by atoms with Crippen molar-refractivity contribution in [3.63, 3.8) is 0 Å². The van der Waals surface area contributed by atoms with Gasteiger partial charge in [-0.2, -0.15) is 5.10 Å². The van der Waals surface area contributed by atoms with Crippen molar-refractivity contribution in [3.05, 3.63) is 52.8 Å². The van der Waals surface area contributed by atoms with E-state index in [2.05, 4.69) is 54.4 Å². The van der Waals surface area contributed by atoms with Gasteiger partial charge in [-0.3, -0.25) is 14.4 Å². The van der Waals surface area contributed by atoms with Crippen molar-refractivity contribution < 1.29 is 9.53 Å². The zero-order chi connectivity index (χ0) is 19.4. The van der Waals surface area contributed by atoms with E-state index in [0.29, 0.717) is 24.8 Å². The summed E-state index contributed by atoms with van der Waals surface area (Å²) in [7, 11) is 3.97. The van der Waals surface area contributed by atoms with E-state index in [0.717, 1.165) is 30.8 Å². The van der Waals surface area contributed by atoms with Crippen LogP contribution in [0.25, 0.3) is 0 Å². The molecule has 146 valence electrons. The highest BCUT2D eigenvalue weighted by molar-refractivity contribution is 5.95.